The summed E-state index contributed by atoms with van der Waals surface area (Å²) in [5.74, 6) is -5.13. The number of hydrogen-bond acceptors (Lipinski definition) is 6. The number of carboxylic acid groups (broad SMARTS) is 2. The normalized spacial score (nSPS) is 6.92. The number of aliphatic carboxylic acids is 2. The summed E-state index contributed by atoms with van der Waals surface area (Å²) in [6, 6.07) is 0. The molecule has 7 heteroatoms. The van der Waals surface area contributed by atoms with Gasteiger partial charge in [0.25, 0.3) is 0 Å². The zero-order chi connectivity index (χ0) is 10.3. The van der Waals surface area contributed by atoms with Crippen LogP contribution in [-0.2, 0) is 19.2 Å². The predicted molar refractivity (Wildman–Crippen MR) is 37.1 cm³/mol. The Morgan fingerprint density at radius 1 is 0.769 bits per heavy atom. The fraction of sp³-hybridized carbons (Fsp3) is 0.333. The van der Waals surface area contributed by atoms with E-state index in [2.05, 4.69) is 0 Å². The first kappa shape index (κ1) is 18.5. The molecule has 0 heterocycles. The summed E-state index contributed by atoms with van der Waals surface area (Å²) >= 11 is 0. The molecule has 0 aliphatic rings. The average molecular weight is 262 g/mol. The molecule has 0 saturated carbocycles. The molecule has 0 atom stereocenters. The Bertz CT molecular complexity index is 173. The fourth-order valence-electron chi connectivity index (χ4n) is 0. The molecule has 0 unspecified atom stereocenters. The Balaban J connectivity index is -0.000000143. The molecule has 0 radical (unpaired) electrons. The maximum atomic E-state index is 9.48. The van der Waals surface area contributed by atoms with Crippen molar-refractivity contribution in [3.05, 3.63) is 0 Å². The van der Waals surface area contributed by atoms with Gasteiger partial charge in [0.2, 0.25) is 0 Å². The first-order valence-electron chi connectivity index (χ1n) is 2.72. The molecule has 0 saturated heterocycles. The van der Waals surface area contributed by atoms with Gasteiger partial charge in [0.15, 0.2) is 11.6 Å². The Hall–Kier alpha value is -0.239. The third kappa shape index (κ3) is 18.6. The molecule has 0 aromatic heterocycles. The summed E-state index contributed by atoms with van der Waals surface area (Å²) in [4.78, 5) is 37.4. The van der Waals surface area contributed by atoms with E-state index in [1.54, 1.807) is 0 Å². The maximum absolute atomic E-state index is 9.48. The molecular weight excluding hydrogens is 256 g/mol. The molecule has 0 aliphatic heterocycles. The van der Waals surface area contributed by atoms with E-state index in [9.17, 15) is 29.4 Å². The van der Waals surface area contributed by atoms with Gasteiger partial charge in [-0.15, -0.1) is 0 Å². The van der Waals surface area contributed by atoms with E-state index < -0.39 is 23.5 Å². The smallest absolute Gasteiger partial charge is 0.542 e. The molecule has 13 heavy (non-hydrogen) atoms. The maximum Gasteiger partial charge on any atom is 2.00 e. The molecule has 0 fully saturated rings. The van der Waals surface area contributed by atoms with E-state index in [-0.39, 0.29) is 45.5 Å². The largest absolute Gasteiger partial charge is 2.00 e. The Labute approximate surface area is 111 Å². The van der Waals surface area contributed by atoms with Gasteiger partial charge < -0.3 is 19.8 Å². The summed E-state index contributed by atoms with van der Waals surface area (Å²) in [5, 5.41) is 18.5. The number of hydrogen-bond donors (Lipinski definition) is 0. The van der Waals surface area contributed by atoms with Crippen LogP contribution in [-0.4, -0.2) is 69.0 Å². The van der Waals surface area contributed by atoms with Crippen LogP contribution in [0.25, 0.3) is 0 Å². The van der Waals surface area contributed by atoms with Crippen molar-refractivity contribution in [1.29, 1.82) is 0 Å². The molecule has 0 aliphatic carbocycles. The van der Waals surface area contributed by atoms with Crippen LogP contribution in [0.5, 0.6) is 0 Å². The number of carboxylic acids is 2. The monoisotopic (exact) mass is 262 g/mol. The van der Waals surface area contributed by atoms with E-state index >= 15 is 0 Å². The molecule has 6 nitrogen and oxygen atoms in total. The van der Waals surface area contributed by atoms with Gasteiger partial charge in [0.1, 0.15) is 11.9 Å². The minimum absolute atomic E-state index is 0. The number of carbonyl (C=O) groups is 4. The van der Waals surface area contributed by atoms with Gasteiger partial charge >= 0.3 is 45.5 Å². The van der Waals surface area contributed by atoms with Crippen molar-refractivity contribution in [2.75, 3.05) is 0 Å². The Morgan fingerprint density at radius 3 is 0.846 bits per heavy atom. The summed E-state index contributed by atoms with van der Waals surface area (Å²) in [7, 11) is 0. The van der Waals surface area contributed by atoms with Crippen molar-refractivity contribution in [2.24, 2.45) is 0 Å². The van der Waals surface area contributed by atoms with Crippen molar-refractivity contribution in [1.82, 2.24) is 0 Å². The van der Waals surface area contributed by atoms with Gasteiger partial charge in [0.05, 0.1) is 0 Å². The molecule has 0 aromatic rings. The zero-order valence-corrected chi connectivity index (χ0v) is 10.6. The van der Waals surface area contributed by atoms with Gasteiger partial charge in [-0.25, -0.2) is 0 Å². The van der Waals surface area contributed by atoms with Crippen LogP contribution >= 0.6 is 0 Å². The molecule has 0 spiro atoms. The van der Waals surface area contributed by atoms with E-state index in [4.69, 9.17) is 0 Å². The minimum atomic E-state index is -1.63. The molecule has 0 rings (SSSR count). The predicted octanol–water partition coefficient (Wildman–Crippen LogP) is -3.73. The molecular formula is C6H6O6Sr. The summed E-state index contributed by atoms with van der Waals surface area (Å²) in [6.45, 7) is 1.88. The Kier molecular flexibility index (Phi) is 14.0. The molecule has 68 valence electrons. The van der Waals surface area contributed by atoms with Gasteiger partial charge in [-0.2, -0.15) is 0 Å². The van der Waals surface area contributed by atoms with Crippen LogP contribution < -0.4 is 10.2 Å². The first-order valence-corrected chi connectivity index (χ1v) is 2.72. The third-order valence-electron chi connectivity index (χ3n) is 0.575. The van der Waals surface area contributed by atoms with Crippen LogP contribution in [0.3, 0.4) is 0 Å². The second kappa shape index (κ2) is 9.85. The summed E-state index contributed by atoms with van der Waals surface area (Å²) in [5.41, 5.74) is 0. The van der Waals surface area contributed by atoms with Crippen LogP contribution in [0, 0.1) is 0 Å². The summed E-state index contributed by atoms with van der Waals surface area (Å²) in [6.07, 6.45) is 0. The van der Waals surface area contributed by atoms with Gasteiger partial charge in [-0.3, -0.25) is 9.59 Å². The topological polar surface area (TPSA) is 114 Å². The third-order valence-corrected chi connectivity index (χ3v) is 0.575. The summed E-state index contributed by atoms with van der Waals surface area (Å²) < 4.78 is 0. The van der Waals surface area contributed by atoms with Gasteiger partial charge in [-0.05, 0) is 0 Å². The second-order valence-corrected chi connectivity index (χ2v) is 1.69. The van der Waals surface area contributed by atoms with Crippen LogP contribution in [0.2, 0.25) is 0 Å². The molecule has 0 amide bonds. The van der Waals surface area contributed by atoms with Crippen molar-refractivity contribution in [2.45, 2.75) is 13.8 Å². The molecule has 0 aromatic carbocycles. The number of rotatable bonds is 2. The molecule has 0 bridgehead atoms. The van der Waals surface area contributed by atoms with E-state index in [0.717, 1.165) is 13.8 Å². The van der Waals surface area contributed by atoms with Crippen molar-refractivity contribution >= 4 is 69.0 Å². The molecule has 0 N–H and O–H groups in total. The number of Topliss-reactive ketones (excluding diaryl/α,β-unsaturated/α-hetero) is 2. The Morgan fingerprint density at radius 2 is 0.846 bits per heavy atom. The van der Waals surface area contributed by atoms with Gasteiger partial charge in [0, 0.05) is 13.8 Å². The zero-order valence-electron chi connectivity index (χ0n) is 7.16. The van der Waals surface area contributed by atoms with Crippen LogP contribution in [0.1, 0.15) is 13.8 Å². The fourth-order valence-corrected chi connectivity index (χ4v) is 0. The van der Waals surface area contributed by atoms with Crippen LogP contribution in [0.15, 0.2) is 0 Å². The first-order chi connectivity index (χ1) is 5.29. The van der Waals surface area contributed by atoms with E-state index in [1.807, 2.05) is 0 Å². The minimum Gasteiger partial charge on any atom is -0.542 e. The van der Waals surface area contributed by atoms with Crippen molar-refractivity contribution in [3.8, 4) is 0 Å². The quantitative estimate of drug-likeness (QED) is 0.373. The van der Waals surface area contributed by atoms with Crippen molar-refractivity contribution in [3.63, 3.8) is 0 Å². The van der Waals surface area contributed by atoms with Crippen molar-refractivity contribution < 1.29 is 29.4 Å². The van der Waals surface area contributed by atoms with E-state index in [1.165, 1.54) is 0 Å². The van der Waals surface area contributed by atoms with Gasteiger partial charge in [-0.1, -0.05) is 0 Å². The average Bonchev–Trinajstić information content (AvgIpc) is 1.88. The number of carbonyl (C=O) groups excluding carboxylic acids is 4. The number of ketones is 2. The van der Waals surface area contributed by atoms with Crippen LogP contribution in [0.4, 0.5) is 0 Å². The standard InChI is InChI=1S/2C3H4O3.Sr/c2*1-2(4)3(5)6;/h2*1H3,(H,5,6);/q;;+2/p-2. The SMILES string of the molecule is CC(=O)C(=O)[O-].CC(=O)C(=O)[O-].[Sr+2]. The van der Waals surface area contributed by atoms with E-state index in [0.29, 0.717) is 0 Å². The second-order valence-electron chi connectivity index (χ2n) is 1.69.